The maximum atomic E-state index is 12.4. The van der Waals surface area contributed by atoms with Crippen molar-refractivity contribution >= 4 is 11.9 Å². The monoisotopic (exact) mass is 368 g/mol. The quantitative estimate of drug-likeness (QED) is 0.579. The fraction of sp³-hybridized carbons (Fsp3) is 0.429. The lowest BCUT2D eigenvalue weighted by molar-refractivity contribution is -0.146. The highest BCUT2D eigenvalue weighted by atomic mass is 16.4. The molecule has 0 aromatic heterocycles. The van der Waals surface area contributed by atoms with Gasteiger partial charge in [-0.2, -0.15) is 0 Å². The van der Waals surface area contributed by atoms with Crippen LogP contribution >= 0.6 is 0 Å². The summed E-state index contributed by atoms with van der Waals surface area (Å²) in [4.78, 5) is 24.0. The number of aliphatic hydroxyl groups is 1. The van der Waals surface area contributed by atoms with E-state index < -0.39 is 23.0 Å². The Hall–Kier alpha value is -2.80. The molecule has 1 aromatic rings. The third kappa shape index (κ3) is 4.89. The summed E-state index contributed by atoms with van der Waals surface area (Å²) >= 11 is 0. The molecule has 3 atom stereocenters. The Balaban J connectivity index is 2.04. The first-order chi connectivity index (χ1) is 12.6. The van der Waals surface area contributed by atoms with Crippen LogP contribution in [0.15, 0.2) is 24.3 Å². The van der Waals surface area contributed by atoms with E-state index in [9.17, 15) is 14.7 Å². The van der Waals surface area contributed by atoms with E-state index in [-0.39, 0.29) is 18.4 Å². The molecule has 0 bridgehead atoms. The first kappa shape index (κ1) is 20.5. The highest BCUT2D eigenvalue weighted by Crippen LogP contribution is 2.36. The number of hydrogen-bond donors (Lipinski definition) is 4. The highest BCUT2D eigenvalue weighted by molar-refractivity contribution is 5.98. The minimum absolute atomic E-state index is 0.165. The Morgan fingerprint density at radius 2 is 1.85 bits per heavy atom. The van der Waals surface area contributed by atoms with Gasteiger partial charge in [-0.05, 0) is 69.2 Å². The number of carboxylic acids is 1. The van der Waals surface area contributed by atoms with Crippen molar-refractivity contribution in [2.45, 2.75) is 38.3 Å². The van der Waals surface area contributed by atoms with E-state index in [0.717, 1.165) is 6.42 Å². The minimum Gasteiger partial charge on any atom is -0.479 e. The molecule has 0 spiro atoms. The van der Waals surface area contributed by atoms with Gasteiger partial charge in [0.1, 0.15) is 0 Å². The van der Waals surface area contributed by atoms with Crippen molar-refractivity contribution in [3.63, 3.8) is 0 Å². The van der Waals surface area contributed by atoms with Crippen LogP contribution in [0.1, 0.15) is 43.1 Å². The van der Waals surface area contributed by atoms with E-state index in [1.165, 1.54) is 6.92 Å². The predicted molar refractivity (Wildman–Crippen MR) is 102 cm³/mol. The van der Waals surface area contributed by atoms with E-state index >= 15 is 0 Å². The van der Waals surface area contributed by atoms with Crippen LogP contribution < -0.4 is 11.1 Å². The molecule has 1 fully saturated rings. The highest BCUT2D eigenvalue weighted by Gasteiger charge is 2.46. The molecule has 1 aliphatic carbocycles. The molecule has 1 amide bonds. The molecule has 5 N–H and O–H groups in total. The van der Waals surface area contributed by atoms with Crippen molar-refractivity contribution in [2.24, 2.45) is 17.6 Å². The fourth-order valence-corrected chi connectivity index (χ4v) is 2.35. The van der Waals surface area contributed by atoms with Gasteiger partial charge in [-0.25, -0.2) is 4.79 Å². The Kier molecular flexibility index (Phi) is 5.95. The average Bonchev–Trinajstić information content (AvgIpc) is 3.36. The summed E-state index contributed by atoms with van der Waals surface area (Å²) in [5.41, 5.74) is 4.16. The first-order valence-corrected chi connectivity index (χ1v) is 8.65. The Bertz CT molecular complexity index is 847. The molecule has 27 heavy (non-hydrogen) atoms. The molecule has 0 heterocycles. The van der Waals surface area contributed by atoms with Gasteiger partial charge in [-0.1, -0.05) is 11.8 Å². The number of benzene rings is 1. The van der Waals surface area contributed by atoms with Crippen LogP contribution in [0.3, 0.4) is 0 Å². The molecule has 1 aliphatic rings. The van der Waals surface area contributed by atoms with Crippen molar-refractivity contribution in [1.82, 2.24) is 5.32 Å². The first-order valence-electron chi connectivity index (χ1n) is 8.65. The number of carbonyl (C=O) groups excluding carboxylic acids is 1. The van der Waals surface area contributed by atoms with Crippen molar-refractivity contribution in [3.05, 3.63) is 35.4 Å². The third-order valence-corrected chi connectivity index (χ3v) is 4.91. The lowest BCUT2D eigenvalue weighted by atomic mass is 9.81. The normalized spacial score (nSPS) is 20.2. The van der Waals surface area contributed by atoms with E-state index in [1.807, 2.05) is 0 Å². The molecule has 0 aliphatic heterocycles. The number of aliphatic carboxylic acids is 1. The summed E-state index contributed by atoms with van der Waals surface area (Å²) in [6.45, 7) is 4.64. The standard InChI is InChI=1S/C21H24N2O4/c1-20(2,22)21(3,19(26)27)23-18(25)15-10-8-14(9-11-15)6-4-5-7-16-12-17(16)13-24/h8-11,16-17,24H,12-13,22H2,1-3H3,(H,23,25)(H,26,27)/t16-,17+,21-/m1/s1. The molecule has 1 saturated carbocycles. The summed E-state index contributed by atoms with van der Waals surface area (Å²) in [5, 5.41) is 20.9. The van der Waals surface area contributed by atoms with E-state index in [0.29, 0.717) is 11.1 Å². The average molecular weight is 368 g/mol. The van der Waals surface area contributed by atoms with Crippen LogP contribution in [-0.2, 0) is 4.79 Å². The second-order valence-corrected chi connectivity index (χ2v) is 7.49. The van der Waals surface area contributed by atoms with Gasteiger partial charge in [0.25, 0.3) is 5.91 Å². The Morgan fingerprint density at radius 1 is 1.22 bits per heavy atom. The lowest BCUT2D eigenvalue weighted by Gasteiger charge is -2.38. The Morgan fingerprint density at radius 3 is 2.33 bits per heavy atom. The van der Waals surface area contributed by atoms with Gasteiger partial charge in [0.2, 0.25) is 0 Å². The Labute approximate surface area is 159 Å². The van der Waals surface area contributed by atoms with Crippen LogP contribution in [0, 0.1) is 35.5 Å². The molecular formula is C21H24N2O4. The van der Waals surface area contributed by atoms with Gasteiger partial charge in [-0.3, -0.25) is 4.79 Å². The smallest absolute Gasteiger partial charge is 0.331 e. The number of carboxylic acid groups (broad SMARTS) is 1. The van der Waals surface area contributed by atoms with Crippen molar-refractivity contribution < 1.29 is 19.8 Å². The third-order valence-electron chi connectivity index (χ3n) is 4.91. The summed E-state index contributed by atoms with van der Waals surface area (Å²) in [5.74, 6) is 10.2. The van der Waals surface area contributed by atoms with Crippen molar-refractivity contribution in [1.29, 1.82) is 0 Å². The van der Waals surface area contributed by atoms with Gasteiger partial charge < -0.3 is 21.3 Å². The summed E-state index contributed by atoms with van der Waals surface area (Å²) < 4.78 is 0. The molecule has 1 aromatic carbocycles. The summed E-state index contributed by atoms with van der Waals surface area (Å²) in [6, 6.07) is 6.48. The molecule has 142 valence electrons. The zero-order valence-electron chi connectivity index (χ0n) is 15.7. The topological polar surface area (TPSA) is 113 Å². The number of rotatable bonds is 5. The molecule has 0 radical (unpaired) electrons. The van der Waals surface area contributed by atoms with Gasteiger partial charge in [0.15, 0.2) is 5.54 Å². The SMILES string of the molecule is CC(C)(N)[C@](C)(NC(=O)c1ccc(C#CC#C[C@@H]2C[C@H]2CO)cc1)C(=O)O. The maximum Gasteiger partial charge on any atom is 0.331 e. The molecule has 0 saturated heterocycles. The maximum absolute atomic E-state index is 12.4. The largest absolute Gasteiger partial charge is 0.479 e. The second kappa shape index (κ2) is 7.84. The van der Waals surface area contributed by atoms with Gasteiger partial charge in [-0.15, -0.1) is 0 Å². The number of amides is 1. The second-order valence-electron chi connectivity index (χ2n) is 7.49. The van der Waals surface area contributed by atoms with Crippen LogP contribution in [0.5, 0.6) is 0 Å². The molecular weight excluding hydrogens is 344 g/mol. The van der Waals surface area contributed by atoms with E-state index in [2.05, 4.69) is 29.0 Å². The van der Waals surface area contributed by atoms with Crippen LogP contribution in [0.4, 0.5) is 0 Å². The minimum atomic E-state index is -1.62. The summed E-state index contributed by atoms with van der Waals surface area (Å²) in [7, 11) is 0. The number of carbonyl (C=O) groups is 2. The van der Waals surface area contributed by atoms with Gasteiger partial charge >= 0.3 is 5.97 Å². The van der Waals surface area contributed by atoms with Crippen molar-refractivity contribution in [2.75, 3.05) is 6.61 Å². The number of aliphatic hydroxyl groups excluding tert-OH is 1. The van der Waals surface area contributed by atoms with E-state index in [4.69, 9.17) is 10.8 Å². The van der Waals surface area contributed by atoms with Gasteiger partial charge in [0.05, 0.1) is 0 Å². The predicted octanol–water partition coefficient (Wildman–Crippen LogP) is 0.980. The number of hydrogen-bond acceptors (Lipinski definition) is 4. The van der Waals surface area contributed by atoms with E-state index in [1.54, 1.807) is 38.1 Å². The zero-order chi connectivity index (χ0) is 20.2. The molecule has 0 unspecified atom stereocenters. The lowest BCUT2D eigenvalue weighted by Crippen LogP contribution is -2.68. The van der Waals surface area contributed by atoms with Crippen LogP contribution in [-0.4, -0.2) is 39.8 Å². The van der Waals surface area contributed by atoms with Crippen LogP contribution in [0.2, 0.25) is 0 Å². The molecule has 6 heteroatoms. The fourth-order valence-electron chi connectivity index (χ4n) is 2.35. The van der Waals surface area contributed by atoms with Crippen LogP contribution in [0.25, 0.3) is 0 Å². The van der Waals surface area contributed by atoms with Crippen molar-refractivity contribution in [3.8, 4) is 23.7 Å². The number of nitrogens with one attached hydrogen (secondary N) is 1. The number of nitrogens with two attached hydrogens (primary N) is 1. The molecule has 6 nitrogen and oxygen atoms in total. The molecule has 2 rings (SSSR count). The summed E-state index contributed by atoms with van der Waals surface area (Å²) in [6.07, 6.45) is 0.920. The van der Waals surface area contributed by atoms with Gasteiger partial charge in [0, 0.05) is 29.2 Å². The zero-order valence-corrected chi connectivity index (χ0v) is 15.7.